The first-order valence-electron chi connectivity index (χ1n) is 5.30. The first kappa shape index (κ1) is 10.9. The van der Waals surface area contributed by atoms with Crippen molar-refractivity contribution < 1.29 is 0 Å². The van der Waals surface area contributed by atoms with Gasteiger partial charge in [-0.1, -0.05) is 26.2 Å². The Balaban J connectivity index is 2.07. The van der Waals surface area contributed by atoms with Crippen LogP contribution in [0.2, 0.25) is 0 Å². The molecule has 0 bridgehead atoms. The van der Waals surface area contributed by atoms with E-state index in [0.717, 1.165) is 6.54 Å². The third kappa shape index (κ3) is 4.02. The maximum absolute atomic E-state index is 4.51. The first-order chi connectivity index (χ1) is 6.27. The van der Waals surface area contributed by atoms with Crippen LogP contribution in [0, 0.1) is 5.41 Å². The van der Waals surface area contributed by atoms with Crippen LogP contribution in [-0.4, -0.2) is 11.7 Å². The molecule has 0 amide bonds. The zero-order valence-corrected chi connectivity index (χ0v) is 9.33. The molecule has 2 heteroatoms. The van der Waals surface area contributed by atoms with Crippen molar-refractivity contribution in [2.24, 2.45) is 10.4 Å². The maximum Gasteiger partial charge on any atom is 0.0584 e. The lowest BCUT2D eigenvalue weighted by molar-refractivity contribution is 0.297. The molecule has 1 fully saturated rings. The van der Waals surface area contributed by atoms with Crippen molar-refractivity contribution in [2.45, 2.75) is 51.9 Å². The highest BCUT2D eigenvalue weighted by atomic mass is 32.1. The molecule has 0 heterocycles. The number of isothiocyanates is 1. The molecule has 0 aromatic rings. The highest BCUT2D eigenvalue weighted by Crippen LogP contribution is 2.41. The quantitative estimate of drug-likeness (QED) is 0.370. The Morgan fingerprint density at radius 1 is 1.31 bits per heavy atom. The molecule has 0 aromatic carbocycles. The van der Waals surface area contributed by atoms with Crippen molar-refractivity contribution in [3.8, 4) is 0 Å². The summed E-state index contributed by atoms with van der Waals surface area (Å²) in [5, 5.41) is 2.41. The molecule has 1 nitrogen and oxygen atoms in total. The summed E-state index contributed by atoms with van der Waals surface area (Å²) in [4.78, 5) is 3.92. The van der Waals surface area contributed by atoms with E-state index in [1.165, 1.54) is 44.9 Å². The van der Waals surface area contributed by atoms with E-state index in [0.29, 0.717) is 5.41 Å². The van der Waals surface area contributed by atoms with Gasteiger partial charge in [-0.05, 0) is 43.3 Å². The molecule has 1 saturated carbocycles. The monoisotopic (exact) mass is 197 g/mol. The van der Waals surface area contributed by atoms with Crippen LogP contribution < -0.4 is 0 Å². The number of thiocarbonyl (C=S) groups is 1. The zero-order valence-electron chi connectivity index (χ0n) is 8.51. The summed E-state index contributed by atoms with van der Waals surface area (Å²) < 4.78 is 0. The third-order valence-electron chi connectivity index (χ3n) is 3.18. The van der Waals surface area contributed by atoms with Gasteiger partial charge in [-0.25, -0.2) is 4.99 Å². The number of hydrogen-bond donors (Lipinski definition) is 0. The molecule has 0 aromatic heterocycles. The lowest BCUT2D eigenvalue weighted by Crippen LogP contribution is -2.10. The van der Waals surface area contributed by atoms with Crippen LogP contribution in [0.3, 0.4) is 0 Å². The molecule has 0 unspecified atom stereocenters. The van der Waals surface area contributed by atoms with Crippen LogP contribution in [0.5, 0.6) is 0 Å². The van der Waals surface area contributed by atoms with Gasteiger partial charge in [-0.15, -0.1) is 0 Å². The van der Waals surface area contributed by atoms with Gasteiger partial charge in [0, 0.05) is 6.54 Å². The topological polar surface area (TPSA) is 12.4 Å². The van der Waals surface area contributed by atoms with Crippen LogP contribution in [-0.2, 0) is 0 Å². The fourth-order valence-corrected chi connectivity index (χ4v) is 2.36. The zero-order chi connectivity index (χ0) is 9.57. The van der Waals surface area contributed by atoms with Gasteiger partial charge in [-0.3, -0.25) is 0 Å². The predicted molar refractivity (Wildman–Crippen MR) is 60.3 cm³/mol. The Morgan fingerprint density at radius 3 is 2.62 bits per heavy atom. The average molecular weight is 197 g/mol. The van der Waals surface area contributed by atoms with E-state index in [9.17, 15) is 0 Å². The van der Waals surface area contributed by atoms with Crippen molar-refractivity contribution in [1.29, 1.82) is 0 Å². The minimum absolute atomic E-state index is 0.654. The van der Waals surface area contributed by atoms with E-state index in [-0.39, 0.29) is 0 Å². The van der Waals surface area contributed by atoms with Crippen LogP contribution in [0.1, 0.15) is 51.9 Å². The number of unbranched alkanes of at least 4 members (excludes halogenated alkanes) is 1. The minimum atomic E-state index is 0.654. The highest BCUT2D eigenvalue weighted by Gasteiger charge is 2.27. The molecule has 0 spiro atoms. The van der Waals surface area contributed by atoms with Gasteiger partial charge in [0.2, 0.25) is 0 Å². The molecule has 0 radical (unpaired) electrons. The maximum atomic E-state index is 4.51. The summed E-state index contributed by atoms with van der Waals surface area (Å²) in [7, 11) is 0. The van der Waals surface area contributed by atoms with E-state index >= 15 is 0 Å². The Hall–Kier alpha value is -0.200. The summed E-state index contributed by atoms with van der Waals surface area (Å²) in [6.07, 6.45) is 9.60. The van der Waals surface area contributed by atoms with Crippen LogP contribution in [0.4, 0.5) is 0 Å². The molecule has 0 saturated heterocycles. The lowest BCUT2D eigenvalue weighted by Gasteiger charge is -2.22. The summed E-state index contributed by atoms with van der Waals surface area (Å²) in [5.74, 6) is 0. The number of hydrogen-bond acceptors (Lipinski definition) is 2. The van der Waals surface area contributed by atoms with Crippen molar-refractivity contribution >= 4 is 17.4 Å². The van der Waals surface area contributed by atoms with Crippen LogP contribution in [0.25, 0.3) is 0 Å². The van der Waals surface area contributed by atoms with Gasteiger partial charge >= 0.3 is 0 Å². The molecule has 1 aliphatic carbocycles. The van der Waals surface area contributed by atoms with Gasteiger partial charge in [0.1, 0.15) is 0 Å². The molecule has 0 aliphatic heterocycles. The van der Waals surface area contributed by atoms with Gasteiger partial charge in [0.25, 0.3) is 0 Å². The Kier molecular flexibility index (Phi) is 4.61. The predicted octanol–water partition coefficient (Wildman–Crippen LogP) is 3.84. The molecule has 74 valence electrons. The smallest absolute Gasteiger partial charge is 0.0584 e. The summed E-state index contributed by atoms with van der Waals surface area (Å²) in [5.41, 5.74) is 0.654. The van der Waals surface area contributed by atoms with Crippen molar-refractivity contribution in [3.05, 3.63) is 0 Å². The standard InChI is InChI=1S/C11H19NS/c1-11(6-2-3-7-11)8-4-5-9-12-10-13/h2-9H2,1H3. The largest absolute Gasteiger partial charge is 0.233 e. The molecule has 1 aliphatic rings. The first-order valence-corrected chi connectivity index (χ1v) is 5.71. The summed E-state index contributed by atoms with van der Waals surface area (Å²) >= 11 is 4.51. The molecule has 0 N–H and O–H groups in total. The molecular formula is C11H19NS. The van der Waals surface area contributed by atoms with E-state index in [4.69, 9.17) is 0 Å². The van der Waals surface area contributed by atoms with Gasteiger partial charge in [0.15, 0.2) is 0 Å². The van der Waals surface area contributed by atoms with Gasteiger partial charge in [0.05, 0.1) is 5.16 Å². The van der Waals surface area contributed by atoms with Gasteiger partial charge < -0.3 is 0 Å². The molecule has 0 atom stereocenters. The number of aliphatic imine (C=N–C) groups is 1. The van der Waals surface area contributed by atoms with Crippen LogP contribution in [0.15, 0.2) is 4.99 Å². The van der Waals surface area contributed by atoms with E-state index in [1.54, 1.807) is 0 Å². The second-order valence-electron chi connectivity index (χ2n) is 4.45. The second-order valence-corrected chi connectivity index (χ2v) is 4.63. The van der Waals surface area contributed by atoms with Crippen molar-refractivity contribution in [1.82, 2.24) is 0 Å². The SMILES string of the molecule is CC1(CCCCN=C=S)CCCC1. The van der Waals surface area contributed by atoms with E-state index < -0.39 is 0 Å². The Labute approximate surface area is 86.6 Å². The third-order valence-corrected chi connectivity index (χ3v) is 3.30. The normalized spacial score (nSPS) is 19.8. The Bertz CT molecular complexity index is 188. The second kappa shape index (κ2) is 5.51. The summed E-state index contributed by atoms with van der Waals surface area (Å²) in [6, 6.07) is 0. The average Bonchev–Trinajstić information content (AvgIpc) is 2.53. The van der Waals surface area contributed by atoms with Crippen molar-refractivity contribution in [3.63, 3.8) is 0 Å². The fourth-order valence-electron chi connectivity index (χ4n) is 2.27. The minimum Gasteiger partial charge on any atom is -0.233 e. The number of nitrogens with zero attached hydrogens (tertiary/aromatic N) is 1. The van der Waals surface area contributed by atoms with Crippen molar-refractivity contribution in [2.75, 3.05) is 6.54 Å². The molecule has 1 rings (SSSR count). The van der Waals surface area contributed by atoms with E-state index in [2.05, 4.69) is 29.3 Å². The van der Waals surface area contributed by atoms with E-state index in [1.807, 2.05) is 0 Å². The summed E-state index contributed by atoms with van der Waals surface area (Å²) in [6.45, 7) is 3.31. The number of rotatable bonds is 5. The molecule has 13 heavy (non-hydrogen) atoms. The molecular weight excluding hydrogens is 178 g/mol. The van der Waals surface area contributed by atoms with Gasteiger partial charge in [-0.2, -0.15) is 0 Å². The lowest BCUT2D eigenvalue weighted by atomic mass is 9.83. The fraction of sp³-hybridized carbons (Fsp3) is 0.909. The Morgan fingerprint density at radius 2 is 2.00 bits per heavy atom. The van der Waals surface area contributed by atoms with Crippen LogP contribution >= 0.6 is 12.2 Å². The highest BCUT2D eigenvalue weighted by molar-refractivity contribution is 7.78.